The number of hydrogen-bond donors (Lipinski definition) is 2. The summed E-state index contributed by atoms with van der Waals surface area (Å²) in [4.78, 5) is 14.1. The molecule has 2 rings (SSSR count). The Kier molecular flexibility index (Phi) is 5.62. The highest BCUT2D eigenvalue weighted by atomic mass is 35.5. The molecule has 1 saturated heterocycles. The Balaban J connectivity index is 1.79. The molecule has 0 bridgehead atoms. The van der Waals surface area contributed by atoms with Gasteiger partial charge in [-0.1, -0.05) is 30.7 Å². The summed E-state index contributed by atoms with van der Waals surface area (Å²) in [6, 6.07) is 7.49. The van der Waals surface area contributed by atoms with Crippen molar-refractivity contribution in [3.63, 3.8) is 0 Å². The van der Waals surface area contributed by atoms with Crippen molar-refractivity contribution in [2.24, 2.45) is 5.41 Å². The van der Waals surface area contributed by atoms with Crippen molar-refractivity contribution in [2.45, 2.75) is 26.3 Å². The van der Waals surface area contributed by atoms with Crippen LogP contribution in [-0.2, 0) is 11.3 Å². The lowest BCUT2D eigenvalue weighted by Crippen LogP contribution is -2.47. The fourth-order valence-electron chi connectivity index (χ4n) is 2.80. The number of benzene rings is 1. The van der Waals surface area contributed by atoms with Crippen molar-refractivity contribution >= 4 is 17.5 Å². The van der Waals surface area contributed by atoms with Gasteiger partial charge >= 0.3 is 0 Å². The molecular weight excluding hydrogens is 288 g/mol. The first kappa shape index (κ1) is 16.3. The van der Waals surface area contributed by atoms with Gasteiger partial charge in [-0.15, -0.1) is 0 Å². The molecule has 1 unspecified atom stereocenters. The Morgan fingerprint density at radius 3 is 3.05 bits per heavy atom. The Labute approximate surface area is 131 Å². The van der Waals surface area contributed by atoms with Gasteiger partial charge in [0, 0.05) is 30.1 Å². The minimum absolute atomic E-state index is 0.0113. The number of nitrogens with zero attached hydrogens (tertiary/aromatic N) is 1. The quantitative estimate of drug-likeness (QED) is 0.875. The molecule has 116 valence electrons. The average molecular weight is 311 g/mol. The van der Waals surface area contributed by atoms with Crippen LogP contribution in [-0.4, -0.2) is 42.2 Å². The van der Waals surface area contributed by atoms with Gasteiger partial charge < -0.3 is 10.4 Å². The number of piperidine rings is 1. The highest BCUT2D eigenvalue weighted by Crippen LogP contribution is 2.28. The number of amides is 1. The van der Waals surface area contributed by atoms with Gasteiger partial charge in [-0.2, -0.15) is 0 Å². The molecule has 0 aromatic heterocycles. The summed E-state index contributed by atoms with van der Waals surface area (Å²) in [6.45, 7) is 4.81. The van der Waals surface area contributed by atoms with E-state index in [0.29, 0.717) is 18.1 Å². The zero-order valence-electron chi connectivity index (χ0n) is 12.4. The first-order valence-electron chi connectivity index (χ1n) is 7.35. The first-order valence-corrected chi connectivity index (χ1v) is 7.73. The number of rotatable bonds is 5. The van der Waals surface area contributed by atoms with Gasteiger partial charge in [0.1, 0.15) is 0 Å². The second kappa shape index (κ2) is 7.25. The van der Waals surface area contributed by atoms with Gasteiger partial charge in [0.25, 0.3) is 0 Å². The molecule has 4 nitrogen and oxygen atoms in total. The number of carbonyl (C=O) groups excluding carboxylic acids is 1. The van der Waals surface area contributed by atoms with Gasteiger partial charge in [-0.3, -0.25) is 9.69 Å². The third kappa shape index (κ3) is 4.99. The SMILES string of the molecule is CC1(CO)CCCN(CC(=O)NCc2cccc(Cl)c2)C1. The maximum absolute atomic E-state index is 12.0. The van der Waals surface area contributed by atoms with E-state index in [1.165, 1.54) is 0 Å². The second-order valence-corrected chi connectivity index (χ2v) is 6.63. The summed E-state index contributed by atoms with van der Waals surface area (Å²) in [6.07, 6.45) is 2.04. The highest BCUT2D eigenvalue weighted by Gasteiger charge is 2.30. The molecule has 5 heteroatoms. The summed E-state index contributed by atoms with van der Waals surface area (Å²) < 4.78 is 0. The number of nitrogens with one attached hydrogen (secondary N) is 1. The van der Waals surface area contributed by atoms with Crippen LogP contribution in [0.15, 0.2) is 24.3 Å². The van der Waals surface area contributed by atoms with Crippen molar-refractivity contribution < 1.29 is 9.90 Å². The van der Waals surface area contributed by atoms with E-state index in [-0.39, 0.29) is 17.9 Å². The number of aliphatic hydroxyl groups excluding tert-OH is 1. The van der Waals surface area contributed by atoms with Crippen LogP contribution in [0.25, 0.3) is 0 Å². The molecule has 1 aliphatic heterocycles. The Bertz CT molecular complexity index is 495. The van der Waals surface area contributed by atoms with Gasteiger partial charge in [-0.25, -0.2) is 0 Å². The van der Waals surface area contributed by atoms with E-state index in [1.807, 2.05) is 24.3 Å². The summed E-state index contributed by atoms with van der Waals surface area (Å²) >= 11 is 5.92. The van der Waals surface area contributed by atoms with Gasteiger partial charge in [0.15, 0.2) is 0 Å². The molecule has 1 aliphatic rings. The fraction of sp³-hybridized carbons (Fsp3) is 0.562. The molecule has 1 atom stereocenters. The zero-order chi connectivity index (χ0) is 15.3. The van der Waals surface area contributed by atoms with Crippen LogP contribution >= 0.6 is 11.6 Å². The molecule has 1 aromatic rings. The maximum atomic E-state index is 12.0. The topological polar surface area (TPSA) is 52.6 Å². The molecule has 21 heavy (non-hydrogen) atoms. The third-order valence-electron chi connectivity index (χ3n) is 3.99. The molecule has 2 N–H and O–H groups in total. The summed E-state index contributed by atoms with van der Waals surface area (Å²) in [5.41, 5.74) is 0.917. The van der Waals surface area contributed by atoms with Crippen molar-refractivity contribution in [3.05, 3.63) is 34.9 Å². The van der Waals surface area contributed by atoms with Crippen LogP contribution in [0, 0.1) is 5.41 Å². The van der Waals surface area contributed by atoms with Crippen molar-refractivity contribution in [1.82, 2.24) is 10.2 Å². The number of likely N-dealkylation sites (tertiary alicyclic amines) is 1. The van der Waals surface area contributed by atoms with Crippen LogP contribution in [0.5, 0.6) is 0 Å². The predicted octanol–water partition coefficient (Wildman–Crippen LogP) is 2.05. The van der Waals surface area contributed by atoms with E-state index in [0.717, 1.165) is 31.5 Å². The minimum atomic E-state index is -0.0779. The third-order valence-corrected chi connectivity index (χ3v) is 4.22. The smallest absolute Gasteiger partial charge is 0.234 e. The molecule has 0 radical (unpaired) electrons. The van der Waals surface area contributed by atoms with E-state index in [4.69, 9.17) is 11.6 Å². The van der Waals surface area contributed by atoms with Gasteiger partial charge in [-0.05, 0) is 37.1 Å². The van der Waals surface area contributed by atoms with Crippen molar-refractivity contribution in [3.8, 4) is 0 Å². The standard InChI is InChI=1S/C16H23ClN2O2/c1-16(12-20)6-3-7-19(11-16)10-15(21)18-9-13-4-2-5-14(17)8-13/h2,4-5,8,20H,3,6-7,9-12H2,1H3,(H,18,21). The van der Waals surface area contributed by atoms with Gasteiger partial charge in [0.2, 0.25) is 5.91 Å². The van der Waals surface area contributed by atoms with Crippen LogP contribution < -0.4 is 5.32 Å². The van der Waals surface area contributed by atoms with Crippen LogP contribution in [0.1, 0.15) is 25.3 Å². The molecule has 1 aromatic carbocycles. The number of aliphatic hydroxyl groups is 1. The lowest BCUT2D eigenvalue weighted by Gasteiger charge is -2.38. The molecule has 0 aliphatic carbocycles. The Hall–Kier alpha value is -1.10. The maximum Gasteiger partial charge on any atom is 0.234 e. The molecule has 0 saturated carbocycles. The molecule has 1 amide bonds. The van der Waals surface area contributed by atoms with Crippen LogP contribution in [0.4, 0.5) is 0 Å². The number of halogens is 1. The lowest BCUT2D eigenvalue weighted by molar-refractivity contribution is -0.123. The highest BCUT2D eigenvalue weighted by molar-refractivity contribution is 6.30. The molecular formula is C16H23ClN2O2. The molecule has 0 spiro atoms. The van der Waals surface area contributed by atoms with Crippen LogP contribution in [0.2, 0.25) is 5.02 Å². The van der Waals surface area contributed by atoms with E-state index in [9.17, 15) is 9.90 Å². The lowest BCUT2D eigenvalue weighted by atomic mass is 9.83. The summed E-state index contributed by atoms with van der Waals surface area (Å²) in [5, 5.41) is 13.0. The first-order chi connectivity index (χ1) is 10.0. The van der Waals surface area contributed by atoms with E-state index < -0.39 is 0 Å². The Morgan fingerprint density at radius 2 is 2.33 bits per heavy atom. The minimum Gasteiger partial charge on any atom is -0.396 e. The fourth-order valence-corrected chi connectivity index (χ4v) is 3.01. The number of carbonyl (C=O) groups is 1. The van der Waals surface area contributed by atoms with E-state index in [1.54, 1.807) is 0 Å². The average Bonchev–Trinajstić information content (AvgIpc) is 2.45. The van der Waals surface area contributed by atoms with Crippen molar-refractivity contribution in [1.29, 1.82) is 0 Å². The van der Waals surface area contributed by atoms with Crippen molar-refractivity contribution in [2.75, 3.05) is 26.2 Å². The molecule has 1 fully saturated rings. The van der Waals surface area contributed by atoms with Crippen LogP contribution in [0.3, 0.4) is 0 Å². The monoisotopic (exact) mass is 310 g/mol. The Morgan fingerprint density at radius 1 is 1.52 bits per heavy atom. The molecule has 1 heterocycles. The van der Waals surface area contributed by atoms with E-state index in [2.05, 4.69) is 17.1 Å². The second-order valence-electron chi connectivity index (χ2n) is 6.19. The van der Waals surface area contributed by atoms with Gasteiger partial charge in [0.05, 0.1) is 6.54 Å². The summed E-state index contributed by atoms with van der Waals surface area (Å²) in [7, 11) is 0. The zero-order valence-corrected chi connectivity index (χ0v) is 13.2. The summed E-state index contributed by atoms with van der Waals surface area (Å²) in [5.74, 6) is 0.0113. The van der Waals surface area contributed by atoms with E-state index >= 15 is 0 Å². The number of hydrogen-bond acceptors (Lipinski definition) is 3. The normalized spacial score (nSPS) is 23.0. The largest absolute Gasteiger partial charge is 0.396 e. The predicted molar refractivity (Wildman–Crippen MR) is 84.2 cm³/mol.